The van der Waals surface area contributed by atoms with Gasteiger partial charge < -0.3 is 15.2 Å². The summed E-state index contributed by atoms with van der Waals surface area (Å²) in [5.74, 6) is 0.598. The van der Waals surface area contributed by atoms with E-state index in [1.807, 2.05) is 26.1 Å². The third-order valence-electron chi connectivity index (χ3n) is 3.55. The molecule has 0 saturated heterocycles. The third-order valence-corrected chi connectivity index (χ3v) is 3.55. The number of fused-ring (bicyclic) bond motifs is 1. The Morgan fingerprint density at radius 1 is 1.35 bits per heavy atom. The van der Waals surface area contributed by atoms with Gasteiger partial charge in [-0.05, 0) is 39.1 Å². The van der Waals surface area contributed by atoms with Crippen LogP contribution in [-0.4, -0.2) is 40.9 Å². The van der Waals surface area contributed by atoms with Gasteiger partial charge in [-0.1, -0.05) is 12.1 Å². The Hall–Kier alpha value is -1.92. The van der Waals surface area contributed by atoms with Crippen LogP contribution in [0.15, 0.2) is 29.1 Å². The molecule has 0 bridgehead atoms. The Bertz CT molecular complexity index is 702. The molecule has 126 valence electrons. The van der Waals surface area contributed by atoms with E-state index in [0.717, 1.165) is 13.0 Å². The number of hydrogen-bond acceptors (Lipinski definition) is 4. The predicted octanol–water partition coefficient (Wildman–Crippen LogP) is 1.69. The van der Waals surface area contributed by atoms with Crippen LogP contribution in [0.25, 0.3) is 10.9 Å². The quantitative estimate of drug-likeness (QED) is 0.753. The fraction of sp³-hybridized carbons (Fsp3) is 0.438. The molecule has 2 rings (SSSR count). The second-order valence-electron chi connectivity index (χ2n) is 5.14. The van der Waals surface area contributed by atoms with Crippen molar-refractivity contribution < 1.29 is 4.79 Å². The highest BCUT2D eigenvalue weighted by molar-refractivity contribution is 5.85. The van der Waals surface area contributed by atoms with Crippen LogP contribution in [0.3, 0.4) is 0 Å². The summed E-state index contributed by atoms with van der Waals surface area (Å²) in [6.07, 6.45) is 1.29. The van der Waals surface area contributed by atoms with E-state index in [2.05, 4.69) is 15.3 Å². The normalized spacial score (nSPS) is 10.3. The van der Waals surface area contributed by atoms with Gasteiger partial charge in [-0.15, -0.1) is 12.4 Å². The van der Waals surface area contributed by atoms with Crippen molar-refractivity contribution in [3.05, 3.63) is 40.4 Å². The van der Waals surface area contributed by atoms with Crippen LogP contribution in [0.1, 0.15) is 25.6 Å². The minimum Gasteiger partial charge on any atom is -0.336 e. The van der Waals surface area contributed by atoms with Crippen molar-refractivity contribution in [2.75, 3.05) is 20.1 Å². The summed E-state index contributed by atoms with van der Waals surface area (Å²) in [6, 6.07) is 7.20. The van der Waals surface area contributed by atoms with E-state index in [1.54, 1.807) is 17.0 Å². The fourth-order valence-electron chi connectivity index (χ4n) is 2.34. The zero-order valence-electron chi connectivity index (χ0n) is 13.5. The zero-order chi connectivity index (χ0) is 15.9. The van der Waals surface area contributed by atoms with E-state index in [4.69, 9.17) is 0 Å². The monoisotopic (exact) mass is 338 g/mol. The zero-order valence-corrected chi connectivity index (χ0v) is 14.3. The molecule has 1 heterocycles. The van der Waals surface area contributed by atoms with E-state index in [9.17, 15) is 9.59 Å². The molecule has 0 aliphatic rings. The lowest BCUT2D eigenvalue weighted by atomic mass is 10.2. The molecule has 0 atom stereocenters. The Balaban J connectivity index is 0.00000264. The lowest BCUT2D eigenvalue weighted by molar-refractivity contribution is -0.131. The number of nitrogens with zero attached hydrogens (tertiary/aromatic N) is 2. The molecular formula is C16H23ClN4O2. The second-order valence-corrected chi connectivity index (χ2v) is 5.14. The molecule has 0 aliphatic heterocycles. The van der Waals surface area contributed by atoms with Crippen molar-refractivity contribution in [1.82, 2.24) is 20.2 Å². The van der Waals surface area contributed by atoms with Crippen LogP contribution in [0.2, 0.25) is 0 Å². The van der Waals surface area contributed by atoms with Gasteiger partial charge in [0.2, 0.25) is 5.91 Å². The number of H-pyrrole nitrogens is 1. The predicted molar refractivity (Wildman–Crippen MR) is 93.9 cm³/mol. The minimum absolute atomic E-state index is 0. The Kier molecular flexibility index (Phi) is 7.71. The SMILES string of the molecule is CCN(Cc1nc2ccccc2c(=O)[nH]1)C(=O)CCCNC.Cl. The lowest BCUT2D eigenvalue weighted by Crippen LogP contribution is -2.32. The highest BCUT2D eigenvalue weighted by Crippen LogP contribution is 2.08. The number of aromatic amines is 1. The molecule has 1 aromatic heterocycles. The molecular weight excluding hydrogens is 316 g/mol. The minimum atomic E-state index is -0.167. The first-order chi connectivity index (χ1) is 10.7. The number of hydrogen-bond donors (Lipinski definition) is 2. The Morgan fingerprint density at radius 2 is 2.09 bits per heavy atom. The van der Waals surface area contributed by atoms with Crippen molar-refractivity contribution >= 4 is 29.2 Å². The summed E-state index contributed by atoms with van der Waals surface area (Å²) in [5.41, 5.74) is 0.485. The summed E-state index contributed by atoms with van der Waals surface area (Å²) in [7, 11) is 1.87. The van der Waals surface area contributed by atoms with Gasteiger partial charge in [-0.3, -0.25) is 9.59 Å². The van der Waals surface area contributed by atoms with Crippen LogP contribution < -0.4 is 10.9 Å². The number of rotatable bonds is 7. The summed E-state index contributed by atoms with van der Waals surface area (Å²) in [5, 5.41) is 3.59. The van der Waals surface area contributed by atoms with E-state index in [1.165, 1.54) is 0 Å². The summed E-state index contributed by atoms with van der Waals surface area (Å²) in [4.78, 5) is 33.1. The molecule has 2 aromatic rings. The molecule has 0 fully saturated rings. The average Bonchev–Trinajstić information content (AvgIpc) is 2.52. The van der Waals surface area contributed by atoms with Crippen molar-refractivity contribution in [3.8, 4) is 0 Å². The number of aromatic nitrogens is 2. The number of amides is 1. The second kappa shape index (κ2) is 9.27. The first-order valence-corrected chi connectivity index (χ1v) is 7.56. The maximum absolute atomic E-state index is 12.2. The highest BCUT2D eigenvalue weighted by atomic mass is 35.5. The molecule has 6 nitrogen and oxygen atoms in total. The molecule has 1 amide bonds. The first kappa shape index (κ1) is 19.1. The van der Waals surface area contributed by atoms with E-state index < -0.39 is 0 Å². The van der Waals surface area contributed by atoms with Gasteiger partial charge in [-0.2, -0.15) is 0 Å². The standard InChI is InChI=1S/C16H22N4O2.ClH/c1-3-20(15(21)9-6-10-17-2)11-14-18-13-8-5-4-7-12(13)16(22)19-14;/h4-5,7-8,17H,3,6,9-11H2,1-2H3,(H,18,19,22);1H. The van der Waals surface area contributed by atoms with Crippen LogP contribution >= 0.6 is 12.4 Å². The van der Waals surface area contributed by atoms with Crippen molar-refractivity contribution in [2.24, 2.45) is 0 Å². The van der Waals surface area contributed by atoms with Crippen LogP contribution in [0, 0.1) is 0 Å². The highest BCUT2D eigenvalue weighted by Gasteiger charge is 2.13. The van der Waals surface area contributed by atoms with Crippen LogP contribution in [0.4, 0.5) is 0 Å². The molecule has 0 saturated carbocycles. The molecule has 2 N–H and O–H groups in total. The number of carbonyl (C=O) groups excluding carboxylic acids is 1. The molecule has 1 aromatic carbocycles. The summed E-state index contributed by atoms with van der Waals surface area (Å²) < 4.78 is 0. The largest absolute Gasteiger partial charge is 0.336 e. The van der Waals surface area contributed by atoms with Gasteiger partial charge in [0.25, 0.3) is 5.56 Å². The molecule has 0 unspecified atom stereocenters. The Labute approximate surface area is 141 Å². The number of benzene rings is 1. The average molecular weight is 339 g/mol. The van der Waals surface area contributed by atoms with Gasteiger partial charge in [-0.25, -0.2) is 4.98 Å². The van der Waals surface area contributed by atoms with Gasteiger partial charge >= 0.3 is 0 Å². The van der Waals surface area contributed by atoms with Crippen molar-refractivity contribution in [3.63, 3.8) is 0 Å². The number of para-hydroxylation sites is 1. The van der Waals surface area contributed by atoms with Crippen LogP contribution in [0.5, 0.6) is 0 Å². The first-order valence-electron chi connectivity index (χ1n) is 7.56. The number of nitrogens with one attached hydrogen (secondary N) is 2. The summed E-state index contributed by atoms with van der Waals surface area (Å²) in [6.45, 7) is 3.66. The molecule has 7 heteroatoms. The van der Waals surface area contributed by atoms with E-state index in [-0.39, 0.29) is 23.9 Å². The topological polar surface area (TPSA) is 78.1 Å². The van der Waals surface area contributed by atoms with Crippen molar-refractivity contribution in [2.45, 2.75) is 26.3 Å². The van der Waals surface area contributed by atoms with Crippen molar-refractivity contribution in [1.29, 1.82) is 0 Å². The van der Waals surface area contributed by atoms with Gasteiger partial charge in [0.15, 0.2) is 0 Å². The smallest absolute Gasteiger partial charge is 0.258 e. The van der Waals surface area contributed by atoms with Gasteiger partial charge in [0.05, 0.1) is 17.4 Å². The maximum atomic E-state index is 12.2. The lowest BCUT2D eigenvalue weighted by Gasteiger charge is -2.20. The molecule has 0 spiro atoms. The molecule has 23 heavy (non-hydrogen) atoms. The maximum Gasteiger partial charge on any atom is 0.258 e. The fourth-order valence-corrected chi connectivity index (χ4v) is 2.34. The number of carbonyl (C=O) groups is 1. The van der Waals surface area contributed by atoms with Gasteiger partial charge in [0.1, 0.15) is 5.82 Å². The molecule has 0 radical (unpaired) electrons. The Morgan fingerprint density at radius 3 is 2.78 bits per heavy atom. The van der Waals surface area contributed by atoms with E-state index in [0.29, 0.717) is 36.2 Å². The molecule has 0 aliphatic carbocycles. The van der Waals surface area contributed by atoms with Crippen LogP contribution in [-0.2, 0) is 11.3 Å². The summed E-state index contributed by atoms with van der Waals surface area (Å²) >= 11 is 0. The van der Waals surface area contributed by atoms with Gasteiger partial charge in [0, 0.05) is 13.0 Å². The van der Waals surface area contributed by atoms with E-state index >= 15 is 0 Å². The third kappa shape index (κ3) is 5.04. The number of halogens is 1.